The number of nitrogens with one attached hydrogen (secondary N) is 1. The third kappa shape index (κ3) is 7.91. The van der Waals surface area contributed by atoms with Crippen molar-refractivity contribution in [2.75, 3.05) is 18.0 Å². The van der Waals surface area contributed by atoms with Gasteiger partial charge in [0.25, 0.3) is 15.7 Å². The summed E-state index contributed by atoms with van der Waals surface area (Å²) in [4.78, 5) is 40.0. The topological polar surface area (TPSA) is 139 Å². The Morgan fingerprint density at radius 3 is 2.41 bits per heavy atom. The average Bonchev–Trinajstić information content (AvgIpc) is 3.53. The van der Waals surface area contributed by atoms with Gasteiger partial charge in [-0.15, -0.1) is 0 Å². The van der Waals surface area contributed by atoms with Crippen LogP contribution < -0.4 is 14.4 Å². The van der Waals surface area contributed by atoms with Gasteiger partial charge in [0, 0.05) is 34.3 Å². The molecule has 0 spiro atoms. The van der Waals surface area contributed by atoms with Gasteiger partial charge in [-0.2, -0.15) is 0 Å². The van der Waals surface area contributed by atoms with Crippen LogP contribution in [0, 0.1) is 17.0 Å². The molecule has 1 aliphatic carbocycles. The van der Waals surface area contributed by atoms with E-state index in [4.69, 9.17) is 27.9 Å². The highest BCUT2D eigenvalue weighted by Crippen LogP contribution is 2.36. The molecule has 3 aromatic rings. The van der Waals surface area contributed by atoms with Crippen molar-refractivity contribution in [2.24, 2.45) is 0 Å². The standard InChI is InChI=1S/C32H36Cl2N4O7S/c1-4-27(32(40)35-24-10-6-7-11-24)36(19-22-9-5-8-12-26(22)34)31(39)20-37(29-17-23(33)14-16-30(29)45-3)46(43,44)25-15-13-21(2)28(18-25)38(41)42/h5,8-9,12-18,24,27H,4,6-7,10-11,19-20H2,1-3H3,(H,35,40)/t27-/m0/s1. The highest BCUT2D eigenvalue weighted by atomic mass is 35.5. The quantitative estimate of drug-likeness (QED) is 0.164. The van der Waals surface area contributed by atoms with Crippen LogP contribution in [0.5, 0.6) is 5.75 Å². The molecule has 1 fully saturated rings. The second-order valence-corrected chi connectivity index (χ2v) is 13.8. The number of hydrogen-bond acceptors (Lipinski definition) is 7. The summed E-state index contributed by atoms with van der Waals surface area (Å²) >= 11 is 12.8. The van der Waals surface area contributed by atoms with Crippen LogP contribution >= 0.6 is 23.2 Å². The summed E-state index contributed by atoms with van der Waals surface area (Å²) in [6.07, 6.45) is 3.91. The molecule has 3 aromatic carbocycles. The Balaban J connectivity index is 1.82. The summed E-state index contributed by atoms with van der Waals surface area (Å²) in [6, 6.07) is 13.7. The number of methoxy groups -OCH3 is 1. The van der Waals surface area contributed by atoms with Crippen molar-refractivity contribution in [3.05, 3.63) is 92.0 Å². The van der Waals surface area contributed by atoms with Crippen LogP contribution in [0.2, 0.25) is 10.0 Å². The van der Waals surface area contributed by atoms with Crippen molar-refractivity contribution in [2.45, 2.75) is 69.5 Å². The lowest BCUT2D eigenvalue weighted by Gasteiger charge is -2.34. The van der Waals surface area contributed by atoms with Crippen LogP contribution in [0.15, 0.2) is 65.6 Å². The second kappa shape index (κ2) is 15.1. The second-order valence-electron chi connectivity index (χ2n) is 11.1. The number of nitro groups is 1. The van der Waals surface area contributed by atoms with Crippen molar-refractivity contribution in [1.82, 2.24) is 10.2 Å². The van der Waals surface area contributed by atoms with Gasteiger partial charge in [-0.25, -0.2) is 8.42 Å². The van der Waals surface area contributed by atoms with Gasteiger partial charge in [-0.05, 0) is 62.1 Å². The zero-order valence-corrected chi connectivity index (χ0v) is 28.1. The van der Waals surface area contributed by atoms with Gasteiger partial charge in [0.1, 0.15) is 18.3 Å². The van der Waals surface area contributed by atoms with E-state index in [0.717, 1.165) is 36.1 Å². The van der Waals surface area contributed by atoms with Crippen molar-refractivity contribution in [3.8, 4) is 5.75 Å². The van der Waals surface area contributed by atoms with Crippen molar-refractivity contribution in [1.29, 1.82) is 0 Å². The summed E-state index contributed by atoms with van der Waals surface area (Å²) in [5.41, 5.74) is 0.360. The first-order valence-electron chi connectivity index (χ1n) is 14.8. The number of amides is 2. The fourth-order valence-electron chi connectivity index (χ4n) is 5.54. The number of halogens is 2. The normalized spacial score (nSPS) is 14.0. The van der Waals surface area contributed by atoms with Crippen LogP contribution in [0.25, 0.3) is 0 Å². The lowest BCUT2D eigenvalue weighted by atomic mass is 10.1. The molecule has 0 aromatic heterocycles. The Bertz CT molecular complexity index is 1710. The van der Waals surface area contributed by atoms with E-state index >= 15 is 0 Å². The van der Waals surface area contributed by atoms with Crippen LogP contribution in [0.1, 0.15) is 50.2 Å². The maximum absolute atomic E-state index is 14.4. The first-order chi connectivity index (χ1) is 21.9. The number of benzene rings is 3. The summed E-state index contributed by atoms with van der Waals surface area (Å²) < 4.78 is 34.9. The van der Waals surface area contributed by atoms with Crippen LogP contribution in [0.4, 0.5) is 11.4 Å². The first kappa shape index (κ1) is 35.0. The third-order valence-electron chi connectivity index (χ3n) is 8.04. The van der Waals surface area contributed by atoms with Gasteiger partial charge >= 0.3 is 0 Å². The van der Waals surface area contributed by atoms with Gasteiger partial charge in [-0.3, -0.25) is 24.0 Å². The molecule has 246 valence electrons. The average molecular weight is 692 g/mol. The molecule has 1 saturated carbocycles. The van der Waals surface area contributed by atoms with E-state index in [9.17, 15) is 28.1 Å². The molecule has 1 aliphatic rings. The van der Waals surface area contributed by atoms with Crippen LogP contribution in [0.3, 0.4) is 0 Å². The maximum Gasteiger partial charge on any atom is 0.273 e. The molecule has 1 N–H and O–H groups in total. The summed E-state index contributed by atoms with van der Waals surface area (Å²) in [5.74, 6) is -0.967. The highest BCUT2D eigenvalue weighted by Gasteiger charge is 2.36. The molecular formula is C32H36Cl2N4O7S. The monoisotopic (exact) mass is 690 g/mol. The van der Waals surface area contributed by atoms with Gasteiger partial charge in [0.15, 0.2) is 0 Å². The highest BCUT2D eigenvalue weighted by molar-refractivity contribution is 7.92. The van der Waals surface area contributed by atoms with E-state index in [-0.39, 0.29) is 46.9 Å². The van der Waals surface area contributed by atoms with Gasteiger partial charge in [0.2, 0.25) is 11.8 Å². The van der Waals surface area contributed by atoms with Crippen molar-refractivity contribution in [3.63, 3.8) is 0 Å². The molecule has 0 heterocycles. The number of rotatable bonds is 13. The number of hydrogen-bond donors (Lipinski definition) is 1. The molecule has 2 amide bonds. The zero-order valence-electron chi connectivity index (χ0n) is 25.7. The van der Waals surface area contributed by atoms with E-state index in [0.29, 0.717) is 10.6 Å². The van der Waals surface area contributed by atoms with E-state index in [1.54, 1.807) is 31.2 Å². The lowest BCUT2D eigenvalue weighted by Crippen LogP contribution is -2.53. The molecule has 46 heavy (non-hydrogen) atoms. The Kier molecular flexibility index (Phi) is 11.5. The first-order valence-corrected chi connectivity index (χ1v) is 17.0. The molecule has 0 unspecified atom stereocenters. The zero-order chi connectivity index (χ0) is 33.6. The molecule has 0 aliphatic heterocycles. The SMILES string of the molecule is CC[C@@H](C(=O)NC1CCCC1)N(Cc1ccccc1Cl)C(=O)CN(c1cc(Cl)ccc1OC)S(=O)(=O)c1ccc(C)c([N+](=O)[O-])c1. The van der Waals surface area contributed by atoms with E-state index < -0.39 is 44.0 Å². The predicted octanol–water partition coefficient (Wildman–Crippen LogP) is 6.28. The van der Waals surface area contributed by atoms with E-state index in [2.05, 4.69) is 5.32 Å². The van der Waals surface area contributed by atoms with Gasteiger partial charge in [0.05, 0.1) is 22.6 Å². The molecule has 1 atom stereocenters. The minimum absolute atomic E-state index is 0.0104. The third-order valence-corrected chi connectivity index (χ3v) is 10.4. The lowest BCUT2D eigenvalue weighted by molar-refractivity contribution is -0.385. The molecular weight excluding hydrogens is 655 g/mol. The van der Waals surface area contributed by atoms with Crippen molar-refractivity contribution < 1.29 is 27.7 Å². The largest absolute Gasteiger partial charge is 0.495 e. The van der Waals surface area contributed by atoms with Crippen LogP contribution in [-0.2, 0) is 26.2 Å². The van der Waals surface area contributed by atoms with Crippen LogP contribution in [-0.4, -0.2) is 55.8 Å². The summed E-state index contributed by atoms with van der Waals surface area (Å²) in [7, 11) is -3.31. The number of nitro benzene ring substituents is 1. The Morgan fingerprint density at radius 1 is 1.09 bits per heavy atom. The fourth-order valence-corrected chi connectivity index (χ4v) is 7.34. The number of anilines is 1. The van der Waals surface area contributed by atoms with Gasteiger partial charge in [-0.1, -0.05) is 67.2 Å². The number of nitrogens with zero attached hydrogens (tertiary/aromatic N) is 3. The summed E-state index contributed by atoms with van der Waals surface area (Å²) in [5, 5.41) is 15.3. The van der Waals surface area contributed by atoms with E-state index in [1.165, 1.54) is 49.3 Å². The number of sulfonamides is 1. The number of ether oxygens (including phenoxy) is 1. The molecule has 0 radical (unpaired) electrons. The smallest absolute Gasteiger partial charge is 0.273 e. The number of carbonyl (C=O) groups is 2. The summed E-state index contributed by atoms with van der Waals surface area (Å²) in [6.45, 7) is 2.40. The Labute approximate surface area is 278 Å². The Hall–Kier alpha value is -3.87. The Morgan fingerprint density at radius 2 is 1.78 bits per heavy atom. The number of carbonyl (C=O) groups excluding carboxylic acids is 2. The van der Waals surface area contributed by atoms with E-state index in [1.807, 2.05) is 0 Å². The fraction of sp³-hybridized carbons (Fsp3) is 0.375. The van der Waals surface area contributed by atoms with Crippen molar-refractivity contribution >= 4 is 56.4 Å². The van der Waals surface area contributed by atoms with Gasteiger partial charge < -0.3 is 15.0 Å². The molecule has 11 nitrogen and oxygen atoms in total. The molecule has 0 bridgehead atoms. The number of aryl methyl sites for hydroxylation is 1. The minimum atomic E-state index is -4.64. The molecule has 4 rings (SSSR count). The molecule has 0 saturated heterocycles. The molecule has 14 heteroatoms. The maximum atomic E-state index is 14.4. The minimum Gasteiger partial charge on any atom is -0.495 e. The predicted molar refractivity (Wildman–Crippen MR) is 177 cm³/mol.